The topological polar surface area (TPSA) is 107 Å². The van der Waals surface area contributed by atoms with Crippen molar-refractivity contribution in [3.8, 4) is 5.75 Å². The van der Waals surface area contributed by atoms with Gasteiger partial charge in [0.15, 0.2) is 0 Å². The van der Waals surface area contributed by atoms with E-state index in [1.54, 1.807) is 30.3 Å². The second kappa shape index (κ2) is 11.9. The average molecular weight is 829 g/mol. The number of hydrogen-bond acceptors (Lipinski definition) is 6. The molecule has 2 saturated heterocycles. The van der Waals surface area contributed by atoms with Gasteiger partial charge in [0.05, 0.1) is 34.5 Å². The highest BCUT2D eigenvalue weighted by molar-refractivity contribution is 14.1. The molecule has 2 aliphatic heterocycles. The number of aromatic hydroxyl groups is 1. The van der Waals surface area contributed by atoms with Crippen LogP contribution in [0.1, 0.15) is 35.4 Å². The largest absolute Gasteiger partial charge is 0.508 e. The zero-order valence-electron chi connectivity index (χ0n) is 26.3. The van der Waals surface area contributed by atoms with E-state index in [9.17, 15) is 19.5 Å². The van der Waals surface area contributed by atoms with Gasteiger partial charge in [-0.3, -0.25) is 29.5 Å². The van der Waals surface area contributed by atoms with E-state index in [1.165, 1.54) is 4.90 Å². The Morgan fingerprint density at radius 1 is 0.857 bits per heavy atom. The van der Waals surface area contributed by atoms with Crippen LogP contribution in [0.5, 0.6) is 5.75 Å². The molecule has 2 N–H and O–H groups in total. The van der Waals surface area contributed by atoms with Crippen molar-refractivity contribution in [2.24, 2.45) is 23.7 Å². The van der Waals surface area contributed by atoms with Crippen LogP contribution in [-0.2, 0) is 24.6 Å². The number of aryl methyl sites for hydroxylation is 1. The highest BCUT2D eigenvalue weighted by Crippen LogP contribution is 2.65. The summed E-state index contributed by atoms with van der Waals surface area (Å²) in [5.74, 6) is -5.00. The Hall–Kier alpha value is -4.29. The van der Waals surface area contributed by atoms with Gasteiger partial charge < -0.3 is 5.11 Å². The summed E-state index contributed by atoms with van der Waals surface area (Å²) >= 11 is 5.76. The smallest absolute Gasteiger partial charge is 0.260 e. The third-order valence-corrected chi connectivity index (χ3v) is 12.0. The minimum absolute atomic E-state index is 0.0227. The molecule has 3 fully saturated rings. The number of benzene rings is 4. The quantitative estimate of drug-likeness (QED) is 0.125. The summed E-state index contributed by atoms with van der Waals surface area (Å²) in [5.41, 5.74) is 5.69. The number of allylic oxidation sites excluding steroid dienone is 2. The van der Waals surface area contributed by atoms with E-state index in [1.807, 2.05) is 79.7 Å². The van der Waals surface area contributed by atoms with Crippen molar-refractivity contribution in [1.29, 1.82) is 0 Å². The number of rotatable bonds is 5. The third-order valence-electron chi connectivity index (χ3n) is 10.8. The molecular formula is C39H31BrIN3O5. The summed E-state index contributed by atoms with van der Waals surface area (Å²) in [6.45, 7) is 1.96. The lowest BCUT2D eigenvalue weighted by Gasteiger charge is -2.50. The predicted molar refractivity (Wildman–Crippen MR) is 196 cm³/mol. The SMILES string of the molecule is Cc1ccc(NN2C(=O)[C@@H]3C[C@@H]4C(=CC[C@@H]5C(=O)N(c6ccc(I)cc6)C(=O)[C@@H]54)[C@H](c4cc(Br)ccc4O)[C@]3(c3ccccc3)C2=O)cc1. The van der Waals surface area contributed by atoms with Crippen LogP contribution in [0.2, 0.25) is 0 Å². The van der Waals surface area contributed by atoms with E-state index >= 15 is 4.79 Å². The van der Waals surface area contributed by atoms with E-state index in [4.69, 9.17) is 0 Å². The summed E-state index contributed by atoms with van der Waals surface area (Å²) in [5, 5.41) is 12.7. The summed E-state index contributed by atoms with van der Waals surface area (Å²) in [6, 6.07) is 29.1. The first-order chi connectivity index (χ1) is 23.6. The number of carbonyl (C=O) groups is 4. The van der Waals surface area contributed by atoms with Crippen LogP contribution in [-0.4, -0.2) is 33.7 Å². The van der Waals surface area contributed by atoms with Gasteiger partial charge in [-0.15, -0.1) is 0 Å². The van der Waals surface area contributed by atoms with Gasteiger partial charge in [-0.1, -0.05) is 75.6 Å². The molecule has 0 aromatic heterocycles. The van der Waals surface area contributed by atoms with Crippen LogP contribution in [0.4, 0.5) is 11.4 Å². The van der Waals surface area contributed by atoms with Crippen molar-refractivity contribution >= 4 is 73.5 Å². The molecule has 6 atom stereocenters. The Labute approximate surface area is 305 Å². The molecular weight excluding hydrogens is 797 g/mol. The molecule has 0 radical (unpaired) electrons. The fraction of sp³-hybridized carbons (Fsp3) is 0.231. The first-order valence-electron chi connectivity index (χ1n) is 16.2. The lowest BCUT2D eigenvalue weighted by atomic mass is 9.49. The van der Waals surface area contributed by atoms with Crippen LogP contribution < -0.4 is 10.3 Å². The molecule has 8 nitrogen and oxygen atoms in total. The number of halogens is 2. The van der Waals surface area contributed by atoms with Gasteiger partial charge >= 0.3 is 0 Å². The van der Waals surface area contributed by atoms with Crippen LogP contribution in [0, 0.1) is 34.2 Å². The molecule has 4 aromatic carbocycles. The van der Waals surface area contributed by atoms with Crippen molar-refractivity contribution < 1.29 is 24.3 Å². The lowest BCUT2D eigenvalue weighted by Crippen LogP contribution is -2.53. The number of hydrazine groups is 1. The fourth-order valence-corrected chi connectivity index (χ4v) is 9.43. The second-order valence-corrected chi connectivity index (χ2v) is 15.4. The molecule has 0 bridgehead atoms. The maximum Gasteiger partial charge on any atom is 0.260 e. The Kier molecular flexibility index (Phi) is 7.79. The second-order valence-electron chi connectivity index (χ2n) is 13.3. The van der Waals surface area contributed by atoms with Gasteiger partial charge in [0.2, 0.25) is 11.8 Å². The molecule has 0 unspecified atom stereocenters. The molecule has 4 aliphatic rings. The average Bonchev–Trinajstić information content (AvgIpc) is 3.48. The van der Waals surface area contributed by atoms with Crippen molar-refractivity contribution in [3.63, 3.8) is 0 Å². The zero-order valence-corrected chi connectivity index (χ0v) is 30.1. The molecule has 4 amide bonds. The number of amides is 4. The van der Waals surface area contributed by atoms with Crippen molar-refractivity contribution in [3.05, 3.63) is 133 Å². The number of imide groups is 2. The van der Waals surface area contributed by atoms with Crippen molar-refractivity contribution in [2.45, 2.75) is 31.1 Å². The number of phenols is 1. The van der Waals surface area contributed by atoms with E-state index in [-0.39, 0.29) is 24.0 Å². The highest BCUT2D eigenvalue weighted by atomic mass is 127. The first kappa shape index (κ1) is 31.9. The molecule has 2 aliphatic carbocycles. The molecule has 8 rings (SSSR count). The fourth-order valence-electron chi connectivity index (χ4n) is 8.69. The minimum atomic E-state index is -1.45. The van der Waals surface area contributed by atoms with Crippen molar-refractivity contribution in [1.82, 2.24) is 5.01 Å². The van der Waals surface area contributed by atoms with Crippen LogP contribution in [0.25, 0.3) is 0 Å². The Morgan fingerprint density at radius 3 is 2.29 bits per heavy atom. The highest BCUT2D eigenvalue weighted by Gasteiger charge is 2.70. The molecule has 1 saturated carbocycles. The number of fused-ring (bicyclic) bond motifs is 4. The Balaban J connectivity index is 1.33. The molecule has 10 heteroatoms. The Bertz CT molecular complexity index is 2070. The van der Waals surface area contributed by atoms with Gasteiger partial charge in [0.1, 0.15) is 5.75 Å². The summed E-state index contributed by atoms with van der Waals surface area (Å²) < 4.78 is 1.68. The number of nitrogens with zero attached hydrogens (tertiary/aromatic N) is 2. The maximum atomic E-state index is 15.2. The lowest BCUT2D eigenvalue weighted by molar-refractivity contribution is -0.138. The van der Waals surface area contributed by atoms with E-state index in [0.717, 1.165) is 19.7 Å². The van der Waals surface area contributed by atoms with Gasteiger partial charge in [-0.25, -0.2) is 0 Å². The first-order valence-corrected chi connectivity index (χ1v) is 18.1. The van der Waals surface area contributed by atoms with E-state index < -0.39 is 46.8 Å². The number of phenolic OH excluding ortho intramolecular Hbond substituents is 1. The third kappa shape index (κ3) is 4.81. The number of carbonyl (C=O) groups excluding carboxylic acids is 4. The number of hydrogen-bond donors (Lipinski definition) is 2. The van der Waals surface area contributed by atoms with Gasteiger partial charge in [-0.05, 0) is 108 Å². The van der Waals surface area contributed by atoms with Gasteiger partial charge in [0, 0.05) is 19.5 Å². The molecule has 246 valence electrons. The van der Waals surface area contributed by atoms with E-state index in [0.29, 0.717) is 33.4 Å². The molecule has 2 heterocycles. The van der Waals surface area contributed by atoms with Crippen LogP contribution in [0.3, 0.4) is 0 Å². The van der Waals surface area contributed by atoms with Crippen LogP contribution >= 0.6 is 38.5 Å². The zero-order chi connectivity index (χ0) is 34.2. The monoisotopic (exact) mass is 827 g/mol. The standard InChI is InChI=1S/C39H31BrIN3O5/c1-21-7-12-25(13-8-21)42-44-36(47)31-20-29-27(16-17-28-33(29)37(48)43(35(28)46)26-14-10-24(41)11-15-26)34(30-19-23(40)9-18-32(30)45)39(31,38(44)49)22-5-3-2-4-6-22/h2-16,18-19,28-29,31,33-34,42,45H,17,20H2,1H3/t28-,29+,31-,33-,34+,39+/m0/s1. The van der Waals surface area contributed by atoms with Gasteiger partial charge in [0.25, 0.3) is 11.8 Å². The Morgan fingerprint density at radius 2 is 1.57 bits per heavy atom. The van der Waals surface area contributed by atoms with Gasteiger partial charge in [-0.2, -0.15) is 5.01 Å². The normalized spacial score (nSPS) is 27.5. The summed E-state index contributed by atoms with van der Waals surface area (Å²) in [7, 11) is 0. The number of anilines is 2. The molecule has 49 heavy (non-hydrogen) atoms. The minimum Gasteiger partial charge on any atom is -0.508 e. The predicted octanol–water partition coefficient (Wildman–Crippen LogP) is 7.26. The van der Waals surface area contributed by atoms with Crippen molar-refractivity contribution in [2.75, 3.05) is 10.3 Å². The summed E-state index contributed by atoms with van der Waals surface area (Å²) in [6.07, 6.45) is 2.48. The van der Waals surface area contributed by atoms with E-state index in [2.05, 4.69) is 43.9 Å². The summed E-state index contributed by atoms with van der Waals surface area (Å²) in [4.78, 5) is 59.6. The van der Waals surface area contributed by atoms with Crippen LogP contribution in [0.15, 0.2) is 113 Å². The molecule has 4 aromatic rings. The maximum absolute atomic E-state index is 15.2. The number of nitrogens with one attached hydrogen (secondary N) is 1. The molecule has 0 spiro atoms.